The van der Waals surface area contributed by atoms with Crippen LogP contribution in [0.2, 0.25) is 0 Å². The van der Waals surface area contributed by atoms with Gasteiger partial charge in [0.1, 0.15) is 17.3 Å². The average molecular weight is 431 g/mol. The van der Waals surface area contributed by atoms with E-state index in [1.54, 1.807) is 48.7 Å². The summed E-state index contributed by atoms with van der Waals surface area (Å²) in [5.41, 5.74) is 2.05. The van der Waals surface area contributed by atoms with E-state index in [9.17, 15) is 14.0 Å². The lowest BCUT2D eigenvalue weighted by molar-refractivity contribution is -0.137. The molecule has 1 aliphatic rings. The highest BCUT2D eigenvalue weighted by molar-refractivity contribution is 6.36. The Hall–Kier alpha value is -4.00. The summed E-state index contributed by atoms with van der Waals surface area (Å²) in [5.74, 6) is -0.624. The Bertz CT molecular complexity index is 1160. The lowest BCUT2D eigenvalue weighted by Gasteiger charge is -2.15. The molecule has 1 N–H and O–H groups in total. The Balaban J connectivity index is 1.71. The van der Waals surface area contributed by atoms with Gasteiger partial charge in [-0.2, -0.15) is 0 Å². The van der Waals surface area contributed by atoms with Gasteiger partial charge < -0.3 is 10.1 Å². The van der Waals surface area contributed by atoms with Crippen LogP contribution in [0, 0.1) is 5.82 Å². The van der Waals surface area contributed by atoms with E-state index in [1.165, 1.54) is 24.3 Å². The molecule has 0 saturated carbocycles. The van der Waals surface area contributed by atoms with Gasteiger partial charge >= 0.3 is 0 Å². The van der Waals surface area contributed by atoms with Crippen LogP contribution in [-0.4, -0.2) is 27.8 Å². The summed E-state index contributed by atoms with van der Waals surface area (Å²) in [5, 5.41) is 3.01. The maximum Gasteiger partial charge on any atom is 0.278 e. The first-order chi connectivity index (χ1) is 15.4. The SMILES string of the molecule is CC(C)Oc1ccc(C2=C(Nc3ccc(F)cc3)C(=O)N(Cc3ccccn3)C2=O)cc1. The summed E-state index contributed by atoms with van der Waals surface area (Å²) in [6.07, 6.45) is 1.62. The Labute approximate surface area is 185 Å². The zero-order valence-electron chi connectivity index (χ0n) is 17.7. The maximum absolute atomic E-state index is 13.3. The van der Waals surface area contributed by atoms with Crippen LogP contribution in [0.15, 0.2) is 78.6 Å². The van der Waals surface area contributed by atoms with Gasteiger partial charge in [-0.1, -0.05) is 18.2 Å². The van der Waals surface area contributed by atoms with E-state index >= 15 is 0 Å². The smallest absolute Gasteiger partial charge is 0.278 e. The molecule has 0 fully saturated rings. The van der Waals surface area contributed by atoms with Crippen LogP contribution in [0.3, 0.4) is 0 Å². The van der Waals surface area contributed by atoms with Gasteiger partial charge in [0.25, 0.3) is 11.8 Å². The number of halogens is 1. The van der Waals surface area contributed by atoms with Crippen LogP contribution in [0.25, 0.3) is 5.57 Å². The molecule has 162 valence electrons. The number of imide groups is 1. The van der Waals surface area contributed by atoms with Crippen molar-refractivity contribution in [1.82, 2.24) is 9.88 Å². The van der Waals surface area contributed by atoms with E-state index in [0.29, 0.717) is 22.7 Å². The normalized spacial score (nSPS) is 13.8. The number of ether oxygens (including phenoxy) is 1. The Kier molecular flexibility index (Phi) is 5.98. The van der Waals surface area contributed by atoms with Gasteiger partial charge in [-0.25, -0.2) is 4.39 Å². The van der Waals surface area contributed by atoms with Crippen molar-refractivity contribution in [1.29, 1.82) is 0 Å². The van der Waals surface area contributed by atoms with Gasteiger partial charge in [-0.05, 0) is 67.9 Å². The number of hydrogen-bond acceptors (Lipinski definition) is 5. The lowest BCUT2D eigenvalue weighted by atomic mass is 10.0. The Morgan fingerprint density at radius 3 is 2.31 bits per heavy atom. The molecule has 0 unspecified atom stereocenters. The van der Waals surface area contributed by atoms with E-state index in [-0.39, 0.29) is 23.9 Å². The number of hydrogen-bond donors (Lipinski definition) is 1. The zero-order chi connectivity index (χ0) is 22.7. The quantitative estimate of drug-likeness (QED) is 0.562. The molecule has 0 spiro atoms. The summed E-state index contributed by atoms with van der Waals surface area (Å²) < 4.78 is 19.0. The van der Waals surface area contributed by atoms with E-state index in [4.69, 9.17) is 4.74 Å². The molecule has 32 heavy (non-hydrogen) atoms. The molecular formula is C25H22FN3O3. The van der Waals surface area contributed by atoms with Crippen molar-refractivity contribution >= 4 is 23.1 Å². The van der Waals surface area contributed by atoms with Crippen LogP contribution >= 0.6 is 0 Å². The third kappa shape index (κ3) is 4.51. The molecule has 3 aromatic rings. The molecule has 0 saturated heterocycles. The summed E-state index contributed by atoms with van der Waals surface area (Å²) in [4.78, 5) is 32.0. The van der Waals surface area contributed by atoms with Gasteiger partial charge in [-0.3, -0.25) is 19.5 Å². The molecule has 6 nitrogen and oxygen atoms in total. The van der Waals surface area contributed by atoms with Crippen LogP contribution in [-0.2, 0) is 16.1 Å². The number of carbonyl (C=O) groups is 2. The summed E-state index contributed by atoms with van der Waals surface area (Å²) in [6.45, 7) is 3.90. The second-order valence-corrected chi connectivity index (χ2v) is 7.59. The van der Waals surface area contributed by atoms with Crippen molar-refractivity contribution in [3.63, 3.8) is 0 Å². The number of nitrogens with zero attached hydrogens (tertiary/aromatic N) is 2. The number of nitrogens with one attached hydrogen (secondary N) is 1. The number of carbonyl (C=O) groups excluding carboxylic acids is 2. The fourth-order valence-electron chi connectivity index (χ4n) is 3.41. The third-order valence-corrected chi connectivity index (χ3v) is 4.84. The van der Waals surface area contributed by atoms with E-state index in [2.05, 4.69) is 10.3 Å². The van der Waals surface area contributed by atoms with Gasteiger partial charge in [0.05, 0.1) is 23.9 Å². The molecule has 0 radical (unpaired) electrons. The highest BCUT2D eigenvalue weighted by atomic mass is 19.1. The molecule has 1 aromatic heterocycles. The van der Waals surface area contributed by atoms with Gasteiger partial charge in [0.15, 0.2) is 0 Å². The Morgan fingerprint density at radius 2 is 1.69 bits per heavy atom. The first-order valence-corrected chi connectivity index (χ1v) is 10.2. The van der Waals surface area contributed by atoms with E-state index in [1.807, 2.05) is 13.8 Å². The van der Waals surface area contributed by atoms with Crippen molar-refractivity contribution in [3.05, 3.63) is 95.7 Å². The molecule has 4 rings (SSSR count). The molecule has 2 aromatic carbocycles. The largest absolute Gasteiger partial charge is 0.491 e. The monoisotopic (exact) mass is 431 g/mol. The van der Waals surface area contributed by atoms with Gasteiger partial charge in [0.2, 0.25) is 0 Å². The minimum absolute atomic E-state index is 0.0133. The van der Waals surface area contributed by atoms with Crippen LogP contribution < -0.4 is 10.1 Å². The number of pyridine rings is 1. The van der Waals surface area contributed by atoms with Crippen molar-refractivity contribution < 1.29 is 18.7 Å². The molecule has 2 heterocycles. The predicted molar refractivity (Wildman–Crippen MR) is 119 cm³/mol. The molecule has 0 bridgehead atoms. The second kappa shape index (κ2) is 9.01. The molecule has 7 heteroatoms. The van der Waals surface area contributed by atoms with Crippen LogP contribution in [0.1, 0.15) is 25.1 Å². The second-order valence-electron chi connectivity index (χ2n) is 7.59. The van der Waals surface area contributed by atoms with E-state index in [0.717, 1.165) is 4.90 Å². The topological polar surface area (TPSA) is 71.5 Å². The summed E-state index contributed by atoms with van der Waals surface area (Å²) in [6, 6.07) is 17.9. The molecule has 0 atom stereocenters. The molecule has 0 aliphatic carbocycles. The summed E-state index contributed by atoms with van der Waals surface area (Å²) >= 11 is 0. The average Bonchev–Trinajstić information content (AvgIpc) is 3.00. The minimum Gasteiger partial charge on any atom is -0.491 e. The highest BCUT2D eigenvalue weighted by Crippen LogP contribution is 2.32. The summed E-state index contributed by atoms with van der Waals surface area (Å²) in [7, 11) is 0. The molecule has 1 aliphatic heterocycles. The van der Waals surface area contributed by atoms with Gasteiger partial charge in [-0.15, -0.1) is 0 Å². The van der Waals surface area contributed by atoms with E-state index < -0.39 is 17.6 Å². The number of amides is 2. The fraction of sp³-hybridized carbons (Fsp3) is 0.160. The molecule has 2 amide bonds. The van der Waals surface area contributed by atoms with Crippen molar-refractivity contribution in [2.75, 3.05) is 5.32 Å². The number of anilines is 1. The number of aromatic nitrogens is 1. The molecular weight excluding hydrogens is 409 g/mol. The maximum atomic E-state index is 13.3. The number of benzene rings is 2. The van der Waals surface area contributed by atoms with Crippen molar-refractivity contribution in [2.24, 2.45) is 0 Å². The van der Waals surface area contributed by atoms with Crippen molar-refractivity contribution in [3.8, 4) is 5.75 Å². The zero-order valence-corrected chi connectivity index (χ0v) is 17.7. The van der Waals surface area contributed by atoms with Crippen LogP contribution in [0.4, 0.5) is 10.1 Å². The number of rotatable bonds is 7. The minimum atomic E-state index is -0.470. The third-order valence-electron chi connectivity index (χ3n) is 4.84. The van der Waals surface area contributed by atoms with Crippen molar-refractivity contribution in [2.45, 2.75) is 26.5 Å². The predicted octanol–water partition coefficient (Wildman–Crippen LogP) is 4.40. The standard InChI is InChI=1S/C25H22FN3O3/c1-16(2)32-21-12-6-17(7-13-21)22-23(28-19-10-8-18(26)9-11-19)25(31)29(24(22)30)15-20-5-3-4-14-27-20/h3-14,16,28H,15H2,1-2H3. The fourth-order valence-corrected chi connectivity index (χ4v) is 3.41. The lowest BCUT2D eigenvalue weighted by Crippen LogP contribution is -2.32. The first kappa shape index (κ1) is 21.2. The highest BCUT2D eigenvalue weighted by Gasteiger charge is 2.39. The Morgan fingerprint density at radius 1 is 0.969 bits per heavy atom. The van der Waals surface area contributed by atoms with Gasteiger partial charge in [0, 0.05) is 11.9 Å². The first-order valence-electron chi connectivity index (χ1n) is 10.2. The van der Waals surface area contributed by atoms with Crippen LogP contribution in [0.5, 0.6) is 5.75 Å².